The Balaban J connectivity index is -0.00000000800. The second-order valence-corrected chi connectivity index (χ2v) is 1.51. The fourth-order valence-corrected chi connectivity index (χ4v) is 0.463. The summed E-state index contributed by atoms with van der Waals surface area (Å²) >= 11 is 0. The van der Waals surface area contributed by atoms with Crippen LogP contribution >= 0.6 is 0 Å². The molecular formula is C4H24O14. The number of aliphatic hydroxyl groups is 1. The van der Waals surface area contributed by atoms with Crippen molar-refractivity contribution in [2.45, 2.75) is 12.5 Å². The Morgan fingerprint density at radius 3 is 1.11 bits per heavy atom. The number of aliphatic hydroxyl groups excluding tert-OH is 1. The largest absolute Gasteiger partial charge is 0.412 e. The number of ether oxygens (including phenoxy) is 1. The first-order valence-corrected chi connectivity index (χ1v) is 2.13. The Kier molecular flexibility index (Phi) is 184. The molecule has 0 saturated carbocycles. The molecule has 0 aromatic rings. The molecule has 1 heterocycles. The van der Waals surface area contributed by atoms with E-state index in [1.807, 2.05) is 0 Å². The molecule has 1 aliphatic rings. The number of carbonyl (C=O) groups excluding carboxylic acids is 2. The van der Waals surface area contributed by atoms with Crippen molar-refractivity contribution in [3.05, 3.63) is 0 Å². The Labute approximate surface area is 99.9 Å². The maximum atomic E-state index is 10.1. The third kappa shape index (κ3) is 24.1. The number of hydrogen-bond acceptors (Lipinski definition) is 4. The second kappa shape index (κ2) is 36.1. The third-order valence-corrected chi connectivity index (χ3v) is 0.847. The van der Waals surface area contributed by atoms with Gasteiger partial charge in [-0.25, -0.2) is 4.79 Å². The zero-order valence-corrected chi connectivity index (χ0v) is 8.96. The average Bonchev–Trinajstić information content (AvgIpc) is 1.85. The summed E-state index contributed by atoms with van der Waals surface area (Å²) < 4.78 is 3.95. The van der Waals surface area contributed by atoms with Crippen molar-refractivity contribution in [3.63, 3.8) is 0 Å². The van der Waals surface area contributed by atoms with E-state index in [2.05, 4.69) is 4.74 Å². The number of esters is 2. The lowest BCUT2D eigenvalue weighted by Gasteiger charge is -1.86. The molecule has 0 aromatic carbocycles. The second-order valence-electron chi connectivity index (χ2n) is 1.51. The Morgan fingerprint density at radius 2 is 1.06 bits per heavy atom. The molecule has 1 aliphatic heterocycles. The van der Waals surface area contributed by atoms with Gasteiger partial charge in [0.15, 0.2) is 6.10 Å². The van der Waals surface area contributed by atoms with E-state index in [4.69, 9.17) is 5.11 Å². The van der Waals surface area contributed by atoms with E-state index >= 15 is 0 Å². The normalized spacial score (nSPS) is 12.6. The van der Waals surface area contributed by atoms with Gasteiger partial charge < -0.3 is 64.6 Å². The lowest BCUT2D eigenvalue weighted by Crippen LogP contribution is -2.11. The van der Waals surface area contributed by atoms with Gasteiger partial charge in [0.1, 0.15) is 0 Å². The molecule has 18 heavy (non-hydrogen) atoms. The van der Waals surface area contributed by atoms with Crippen LogP contribution in [0, 0.1) is 0 Å². The molecule has 0 aromatic heterocycles. The molecule has 1 rings (SSSR count). The van der Waals surface area contributed by atoms with E-state index in [0.29, 0.717) is 0 Å². The quantitative estimate of drug-likeness (QED) is 0.335. The first-order valence-electron chi connectivity index (χ1n) is 2.13. The van der Waals surface area contributed by atoms with Gasteiger partial charge in [-0.2, -0.15) is 0 Å². The fraction of sp³-hybridized carbons (Fsp3) is 0.500. The van der Waals surface area contributed by atoms with E-state index in [1.165, 1.54) is 0 Å². The van der Waals surface area contributed by atoms with Gasteiger partial charge in [-0.3, -0.25) is 4.79 Å². The number of cyclic esters (lactones) is 2. The molecule has 0 spiro atoms. The lowest BCUT2D eigenvalue weighted by atomic mass is 10.3. The monoisotopic (exact) mass is 296 g/mol. The van der Waals surface area contributed by atoms with Crippen molar-refractivity contribution in [3.8, 4) is 0 Å². The van der Waals surface area contributed by atoms with Crippen LogP contribution in [0.3, 0.4) is 0 Å². The van der Waals surface area contributed by atoms with Gasteiger partial charge >= 0.3 is 11.9 Å². The molecule has 14 heteroatoms. The Morgan fingerprint density at radius 1 is 0.778 bits per heavy atom. The van der Waals surface area contributed by atoms with Crippen LogP contribution in [-0.4, -0.2) is 77.9 Å². The average molecular weight is 296 g/mol. The van der Waals surface area contributed by atoms with Gasteiger partial charge in [0.05, 0.1) is 6.42 Å². The van der Waals surface area contributed by atoms with Gasteiger partial charge in [-0.15, -0.1) is 0 Å². The third-order valence-electron chi connectivity index (χ3n) is 0.847. The molecule has 0 radical (unpaired) electrons. The van der Waals surface area contributed by atoms with Crippen molar-refractivity contribution in [2.24, 2.45) is 0 Å². The standard InChI is InChI=1S/C4H4O4.10H2O/c5-2-1-3(6)8-4(2)7;;;;;;;;;;/h2,5H,1H2;10*1H2. The molecule has 0 amide bonds. The zero-order chi connectivity index (χ0) is 6.15. The predicted molar refractivity (Wildman–Crippen MR) is 57.9 cm³/mol. The highest BCUT2D eigenvalue weighted by atomic mass is 16.6. The van der Waals surface area contributed by atoms with E-state index in [-0.39, 0.29) is 61.2 Å². The smallest absolute Gasteiger partial charge is 0.343 e. The highest BCUT2D eigenvalue weighted by Gasteiger charge is 2.30. The summed E-state index contributed by atoms with van der Waals surface area (Å²) in [5, 5.41) is 8.47. The van der Waals surface area contributed by atoms with Gasteiger partial charge in [0, 0.05) is 0 Å². The minimum Gasteiger partial charge on any atom is -0.412 e. The number of carbonyl (C=O) groups is 2. The van der Waals surface area contributed by atoms with Gasteiger partial charge in [-0.1, -0.05) is 0 Å². The summed E-state index contributed by atoms with van der Waals surface area (Å²) in [6.07, 6.45) is -1.42. The predicted octanol–water partition coefficient (Wildman–Crippen LogP) is -9.43. The summed E-state index contributed by atoms with van der Waals surface area (Å²) in [5.74, 6) is -1.49. The van der Waals surface area contributed by atoms with Crippen LogP contribution in [0.2, 0.25) is 0 Å². The molecule has 14 nitrogen and oxygen atoms in total. The molecule has 1 saturated heterocycles. The van der Waals surface area contributed by atoms with Crippen LogP contribution in [0.4, 0.5) is 0 Å². The molecule has 0 aliphatic carbocycles. The molecule has 1 fully saturated rings. The molecule has 1 unspecified atom stereocenters. The van der Waals surface area contributed by atoms with Crippen molar-refractivity contribution in [1.29, 1.82) is 0 Å². The van der Waals surface area contributed by atoms with Crippen molar-refractivity contribution >= 4 is 11.9 Å². The Hall–Kier alpha value is -1.30. The number of rotatable bonds is 0. The Bertz CT molecular complexity index is 145. The van der Waals surface area contributed by atoms with E-state index < -0.39 is 18.0 Å². The number of hydrogen-bond donors (Lipinski definition) is 1. The van der Waals surface area contributed by atoms with E-state index in [9.17, 15) is 9.59 Å². The minimum atomic E-state index is -1.22. The fourth-order valence-electron chi connectivity index (χ4n) is 0.463. The minimum absolute atomic E-state index is 0. The van der Waals surface area contributed by atoms with Crippen molar-refractivity contribution in [2.75, 3.05) is 0 Å². The van der Waals surface area contributed by atoms with Crippen LogP contribution in [-0.2, 0) is 14.3 Å². The molecular weight excluding hydrogens is 272 g/mol. The zero-order valence-electron chi connectivity index (χ0n) is 8.96. The summed E-state index contributed by atoms with van der Waals surface area (Å²) in [4.78, 5) is 20.2. The lowest BCUT2D eigenvalue weighted by molar-refractivity contribution is -0.154. The van der Waals surface area contributed by atoms with Crippen LogP contribution in [0.25, 0.3) is 0 Å². The van der Waals surface area contributed by atoms with Crippen molar-refractivity contribution < 1.29 is 74.2 Å². The van der Waals surface area contributed by atoms with Crippen molar-refractivity contribution in [1.82, 2.24) is 0 Å². The van der Waals surface area contributed by atoms with E-state index in [1.54, 1.807) is 0 Å². The van der Waals surface area contributed by atoms with Crippen LogP contribution in [0.5, 0.6) is 0 Å². The summed E-state index contributed by atoms with van der Waals surface area (Å²) in [6, 6.07) is 0. The molecule has 124 valence electrons. The molecule has 21 N–H and O–H groups in total. The van der Waals surface area contributed by atoms with Crippen LogP contribution < -0.4 is 0 Å². The maximum Gasteiger partial charge on any atom is 0.343 e. The van der Waals surface area contributed by atoms with Gasteiger partial charge in [0.25, 0.3) is 0 Å². The first kappa shape index (κ1) is 91.7. The summed E-state index contributed by atoms with van der Waals surface area (Å²) in [6.45, 7) is 0. The van der Waals surface area contributed by atoms with Crippen LogP contribution in [0.1, 0.15) is 6.42 Å². The summed E-state index contributed by atoms with van der Waals surface area (Å²) in [5.41, 5.74) is 0. The topological polar surface area (TPSA) is 379 Å². The maximum absolute atomic E-state index is 10.1. The highest BCUT2D eigenvalue weighted by molar-refractivity contribution is 5.95. The first-order chi connectivity index (χ1) is 3.70. The molecule has 1 atom stereocenters. The van der Waals surface area contributed by atoms with Gasteiger partial charge in [-0.05, 0) is 0 Å². The molecule has 0 bridgehead atoms. The highest BCUT2D eigenvalue weighted by Crippen LogP contribution is 2.05. The van der Waals surface area contributed by atoms with Crippen LogP contribution in [0.15, 0.2) is 0 Å². The van der Waals surface area contributed by atoms with E-state index in [0.717, 1.165) is 0 Å². The summed E-state index contributed by atoms with van der Waals surface area (Å²) in [7, 11) is 0. The van der Waals surface area contributed by atoms with Gasteiger partial charge in [0.2, 0.25) is 0 Å². The SMILES string of the molecule is O.O.O.O.O.O.O.O.O.O.O=C1CC(O)C(=O)O1.